The Kier molecular flexibility index (Phi) is 24.8. The van der Waals surface area contributed by atoms with Gasteiger partial charge in [0.1, 0.15) is 28.0 Å². The number of morpholine rings is 2. The number of hydrogen-bond acceptors (Lipinski definition) is 15. The molecule has 5 aliphatic rings. The lowest BCUT2D eigenvalue weighted by atomic mass is 10.1. The summed E-state index contributed by atoms with van der Waals surface area (Å²) in [4.78, 5) is 39.6. The fourth-order valence-corrected chi connectivity index (χ4v) is 8.07. The first kappa shape index (κ1) is 53.8. The molecule has 3 aromatic rings. The molecule has 4 N–H and O–H groups in total. The van der Waals surface area contributed by atoms with Gasteiger partial charge in [-0.05, 0) is 94.8 Å². The molecule has 0 aliphatic carbocycles. The zero-order valence-corrected chi connectivity index (χ0v) is 38.7. The van der Waals surface area contributed by atoms with Crippen LogP contribution in [0.5, 0.6) is 0 Å². The topological polar surface area (TPSA) is 211 Å². The number of piperidine rings is 3. The highest BCUT2D eigenvalue weighted by atomic mass is 35.5. The van der Waals surface area contributed by atoms with Gasteiger partial charge in [-0.25, -0.2) is 8.78 Å². The van der Waals surface area contributed by atoms with Crippen molar-refractivity contribution < 1.29 is 33.0 Å². The van der Waals surface area contributed by atoms with Crippen molar-refractivity contribution in [2.45, 2.75) is 57.8 Å². The molecule has 8 rings (SSSR count). The Bertz CT molecular complexity index is 1900. The van der Waals surface area contributed by atoms with Gasteiger partial charge in [0, 0.05) is 108 Å². The van der Waals surface area contributed by atoms with E-state index in [9.17, 15) is 39.1 Å². The molecule has 0 spiro atoms. The second kappa shape index (κ2) is 30.5. The summed E-state index contributed by atoms with van der Waals surface area (Å²) in [6.45, 7) is 16.8. The maximum Gasteiger partial charge on any atom is 0.292 e. The van der Waals surface area contributed by atoms with Crippen molar-refractivity contribution >= 4 is 45.7 Å². The van der Waals surface area contributed by atoms with Gasteiger partial charge in [-0.2, -0.15) is 0 Å². The summed E-state index contributed by atoms with van der Waals surface area (Å²) in [6, 6.07) is 11.9. The number of benzene rings is 3. The van der Waals surface area contributed by atoms with Crippen LogP contribution in [0.4, 0.5) is 42.9 Å². The van der Waals surface area contributed by atoms with Crippen LogP contribution in [0.2, 0.25) is 5.02 Å². The number of halogens is 3. The lowest BCUT2D eigenvalue weighted by Crippen LogP contribution is -2.39. The first-order chi connectivity index (χ1) is 32.0. The molecule has 0 atom stereocenters. The van der Waals surface area contributed by atoms with E-state index in [1.165, 1.54) is 50.9 Å². The van der Waals surface area contributed by atoms with E-state index < -0.39 is 21.5 Å². The van der Waals surface area contributed by atoms with Gasteiger partial charge in [-0.15, -0.1) is 0 Å². The predicted octanol–water partition coefficient (Wildman–Crippen LogP) is 7.48. The van der Waals surface area contributed by atoms with E-state index in [1.807, 2.05) is 17.0 Å². The van der Waals surface area contributed by atoms with Crippen LogP contribution in [0.15, 0.2) is 54.6 Å². The van der Waals surface area contributed by atoms with E-state index in [2.05, 4.69) is 25.3 Å². The fourth-order valence-electron chi connectivity index (χ4n) is 7.84. The number of rotatable bonds is 11. The predicted molar refractivity (Wildman–Crippen MR) is 255 cm³/mol. The van der Waals surface area contributed by atoms with Gasteiger partial charge in [0.25, 0.3) is 17.1 Å². The van der Waals surface area contributed by atoms with Crippen molar-refractivity contribution in [3.63, 3.8) is 0 Å². The Morgan fingerprint density at radius 1 is 0.591 bits per heavy atom. The Morgan fingerprint density at radius 3 is 1.47 bits per heavy atom. The van der Waals surface area contributed by atoms with Crippen molar-refractivity contribution in [3.8, 4) is 0 Å². The number of ether oxygens (including phenoxy) is 2. The lowest BCUT2D eigenvalue weighted by Gasteiger charge is -2.29. The number of nitro benzene ring substituents is 3. The molecule has 5 heterocycles. The number of hydrogen-bond donors (Lipinski definition) is 3. The molecule has 3 aromatic carbocycles. The van der Waals surface area contributed by atoms with Crippen LogP contribution in [0.25, 0.3) is 0 Å². The second-order valence-electron chi connectivity index (χ2n) is 16.2. The zero-order chi connectivity index (χ0) is 47.5. The average Bonchev–Trinajstić information content (AvgIpc) is 3.34. The van der Waals surface area contributed by atoms with Crippen LogP contribution in [0, 0.1) is 42.0 Å². The minimum absolute atomic E-state index is 0.0108. The van der Waals surface area contributed by atoms with Gasteiger partial charge in [-0.1, -0.05) is 18.0 Å². The SMILES string of the molecule is C1CCNCC1.NCCN1CCOCC1.O=[N+]([O-])c1ccc(F)cc1Cl.O=[N+]([O-])c1ccc(F)cc1N1CCCCC1.O=[N+]([O-])c1ccc(NCCN2CCOCC2)cc1N1CCCCC1. The van der Waals surface area contributed by atoms with E-state index in [0.29, 0.717) is 5.69 Å². The summed E-state index contributed by atoms with van der Waals surface area (Å²) in [6.07, 6.45) is 10.8. The van der Waals surface area contributed by atoms with Crippen LogP contribution >= 0.6 is 11.6 Å². The van der Waals surface area contributed by atoms with Crippen molar-refractivity contribution in [1.29, 1.82) is 0 Å². The monoisotopic (exact) mass is 948 g/mol. The normalized spacial score (nSPS) is 17.8. The Morgan fingerprint density at radius 2 is 1.03 bits per heavy atom. The van der Waals surface area contributed by atoms with Crippen LogP contribution in [-0.4, -0.2) is 143 Å². The van der Waals surface area contributed by atoms with Crippen molar-refractivity contribution in [1.82, 2.24) is 15.1 Å². The van der Waals surface area contributed by atoms with Crippen molar-refractivity contribution in [2.24, 2.45) is 5.73 Å². The lowest BCUT2D eigenvalue weighted by molar-refractivity contribution is -0.384. The summed E-state index contributed by atoms with van der Waals surface area (Å²) in [5.41, 5.74) is 7.39. The number of nitro groups is 3. The Hall–Kier alpha value is -4.83. The van der Waals surface area contributed by atoms with Gasteiger partial charge < -0.3 is 35.6 Å². The summed E-state index contributed by atoms with van der Waals surface area (Å²) < 4.78 is 35.9. The molecule has 0 aromatic heterocycles. The Labute approximate surface area is 391 Å². The van der Waals surface area contributed by atoms with Crippen LogP contribution in [0.3, 0.4) is 0 Å². The third-order valence-electron chi connectivity index (χ3n) is 11.4. The van der Waals surface area contributed by atoms with E-state index in [-0.39, 0.29) is 27.0 Å². The molecule has 18 nitrogen and oxygen atoms in total. The molecule has 0 amide bonds. The molecule has 0 radical (unpaired) electrons. The summed E-state index contributed by atoms with van der Waals surface area (Å²) in [5.74, 6) is -1.01. The fraction of sp³-hybridized carbons (Fsp3) is 0.600. The molecule has 366 valence electrons. The third kappa shape index (κ3) is 19.6. The van der Waals surface area contributed by atoms with Gasteiger partial charge in [-0.3, -0.25) is 40.1 Å². The van der Waals surface area contributed by atoms with Crippen molar-refractivity contribution in [3.05, 3.63) is 102 Å². The largest absolute Gasteiger partial charge is 0.384 e. The van der Waals surface area contributed by atoms with E-state index in [0.717, 1.165) is 173 Å². The molecule has 5 aliphatic heterocycles. The van der Waals surface area contributed by atoms with Gasteiger partial charge in [0.05, 0.1) is 41.2 Å². The van der Waals surface area contributed by atoms with Crippen LogP contribution < -0.4 is 26.2 Å². The van der Waals surface area contributed by atoms with E-state index >= 15 is 0 Å². The molecule has 5 saturated heterocycles. The highest BCUT2D eigenvalue weighted by Gasteiger charge is 2.23. The molecular weight excluding hydrogens is 882 g/mol. The minimum atomic E-state index is -0.665. The second-order valence-corrected chi connectivity index (χ2v) is 16.6. The maximum absolute atomic E-state index is 13.1. The van der Waals surface area contributed by atoms with Crippen molar-refractivity contribution in [2.75, 3.05) is 133 Å². The van der Waals surface area contributed by atoms with Crippen LogP contribution in [-0.2, 0) is 9.47 Å². The molecule has 21 heteroatoms. The quantitative estimate of drug-likeness (QED) is 0.126. The molecule has 0 saturated carbocycles. The minimum Gasteiger partial charge on any atom is -0.384 e. The average molecular weight is 950 g/mol. The number of anilines is 3. The summed E-state index contributed by atoms with van der Waals surface area (Å²) in [5, 5.41) is 38.8. The van der Waals surface area contributed by atoms with Crippen LogP contribution in [0.1, 0.15) is 57.8 Å². The first-order valence-corrected chi connectivity index (χ1v) is 23.4. The van der Waals surface area contributed by atoms with Gasteiger partial charge in [0.15, 0.2) is 0 Å². The molecule has 0 unspecified atom stereocenters. The summed E-state index contributed by atoms with van der Waals surface area (Å²) in [7, 11) is 0. The van der Waals surface area contributed by atoms with E-state index in [1.54, 1.807) is 6.07 Å². The smallest absolute Gasteiger partial charge is 0.292 e. The van der Waals surface area contributed by atoms with Gasteiger partial charge >= 0.3 is 0 Å². The highest BCUT2D eigenvalue weighted by molar-refractivity contribution is 6.32. The molecular formula is C45H67ClF2N10O8. The maximum atomic E-state index is 13.1. The zero-order valence-electron chi connectivity index (χ0n) is 37.9. The summed E-state index contributed by atoms with van der Waals surface area (Å²) >= 11 is 5.34. The van der Waals surface area contributed by atoms with E-state index in [4.69, 9.17) is 26.8 Å². The third-order valence-corrected chi connectivity index (χ3v) is 11.7. The first-order valence-electron chi connectivity index (χ1n) is 23.0. The molecule has 66 heavy (non-hydrogen) atoms. The number of nitrogens with two attached hydrogens (primary N) is 1. The number of nitrogens with one attached hydrogen (secondary N) is 2. The Balaban J connectivity index is 0.000000196. The molecule has 0 bridgehead atoms. The highest BCUT2D eigenvalue weighted by Crippen LogP contribution is 2.33. The van der Waals surface area contributed by atoms with Gasteiger partial charge in [0.2, 0.25) is 0 Å². The molecule has 5 fully saturated rings. The standard InChI is InChI=1S/C17H26N4O3.C11H13FN2O2.C6H3ClFNO2.C6H14N2O.C5H11N/c22-21(23)16-5-4-15(14-17(16)20-7-2-1-3-8-20)18-6-9-19-10-12-24-13-11-19;12-9-4-5-10(14(15)16)11(8-9)13-6-2-1-3-7-13;7-5-3-4(8)1-2-6(5)9(10)11;7-1-2-8-3-5-9-6-4-8;1-2-4-6-5-3-1/h4-5,14,18H,1-3,6-13H2;4-5,8H,1-3,6-7H2;1-3H;1-7H2;6H,1-5H2. The number of nitrogens with zero attached hydrogens (tertiary/aromatic N) is 7.